The molecule has 0 aromatic heterocycles. The smallest absolute Gasteiger partial charge is 0.253 e. The monoisotopic (exact) mass is 296 g/mol. The molecular weight excluding hydrogens is 276 g/mol. The summed E-state index contributed by atoms with van der Waals surface area (Å²) in [6, 6.07) is 17.6. The van der Waals surface area contributed by atoms with Crippen molar-refractivity contribution in [3.8, 4) is 5.75 Å². The second kappa shape index (κ2) is 6.52. The zero-order chi connectivity index (χ0) is 15.4. The summed E-state index contributed by atoms with van der Waals surface area (Å²) in [4.78, 5) is 14.3. The van der Waals surface area contributed by atoms with Crippen molar-refractivity contribution in [3.05, 3.63) is 60.2 Å². The van der Waals surface area contributed by atoms with E-state index in [1.54, 1.807) is 7.11 Å². The minimum absolute atomic E-state index is 0.111. The van der Waals surface area contributed by atoms with Gasteiger partial charge in [-0.2, -0.15) is 0 Å². The van der Waals surface area contributed by atoms with Gasteiger partial charge in [-0.25, -0.2) is 0 Å². The van der Waals surface area contributed by atoms with Crippen molar-refractivity contribution < 1.29 is 9.53 Å². The van der Waals surface area contributed by atoms with Crippen LogP contribution in [0.25, 0.3) is 0 Å². The summed E-state index contributed by atoms with van der Waals surface area (Å²) in [7, 11) is 1.66. The molecule has 1 N–H and O–H groups in total. The first-order chi connectivity index (χ1) is 10.8. The van der Waals surface area contributed by atoms with Gasteiger partial charge >= 0.3 is 0 Å². The molecule has 0 radical (unpaired) electrons. The van der Waals surface area contributed by atoms with Crippen LogP contribution < -0.4 is 10.1 Å². The zero-order valence-corrected chi connectivity index (χ0v) is 12.7. The van der Waals surface area contributed by atoms with Gasteiger partial charge in [0.25, 0.3) is 5.91 Å². The predicted molar refractivity (Wildman–Crippen MR) is 87.4 cm³/mol. The molecule has 1 heterocycles. The second-order valence-electron chi connectivity index (χ2n) is 5.48. The Kier molecular flexibility index (Phi) is 4.28. The van der Waals surface area contributed by atoms with Gasteiger partial charge in [-0.15, -0.1) is 0 Å². The van der Waals surface area contributed by atoms with E-state index in [2.05, 4.69) is 5.32 Å². The van der Waals surface area contributed by atoms with Crippen molar-refractivity contribution in [2.24, 2.45) is 0 Å². The van der Waals surface area contributed by atoms with Gasteiger partial charge in [-0.05, 0) is 42.8 Å². The molecule has 3 rings (SSSR count). The number of hydrogen-bond donors (Lipinski definition) is 1. The molecule has 0 spiro atoms. The standard InChI is InChI=1S/C18H20N2O2/c1-22-17-9-7-15(8-10-17)19-16-11-12-20(13-16)18(21)14-5-3-2-4-6-14/h2-10,16,19H,11-13H2,1H3. The molecule has 1 unspecified atom stereocenters. The maximum Gasteiger partial charge on any atom is 0.253 e. The Morgan fingerprint density at radius 2 is 1.86 bits per heavy atom. The zero-order valence-electron chi connectivity index (χ0n) is 12.7. The number of methoxy groups -OCH3 is 1. The molecular formula is C18H20N2O2. The summed E-state index contributed by atoms with van der Waals surface area (Å²) < 4.78 is 5.16. The average Bonchev–Trinajstić information content (AvgIpc) is 3.04. The van der Waals surface area contributed by atoms with Crippen LogP contribution in [0.15, 0.2) is 54.6 Å². The first-order valence-corrected chi connectivity index (χ1v) is 7.51. The first kappa shape index (κ1) is 14.4. The molecule has 0 saturated carbocycles. The van der Waals surface area contributed by atoms with Gasteiger partial charge < -0.3 is 15.0 Å². The second-order valence-corrected chi connectivity index (χ2v) is 5.48. The molecule has 1 atom stereocenters. The number of ether oxygens (including phenoxy) is 1. The van der Waals surface area contributed by atoms with Crippen LogP contribution in [-0.4, -0.2) is 37.0 Å². The molecule has 1 saturated heterocycles. The van der Waals surface area contributed by atoms with E-state index in [-0.39, 0.29) is 5.91 Å². The number of benzene rings is 2. The third-order valence-corrected chi connectivity index (χ3v) is 3.96. The Labute approximate surface area is 130 Å². The third kappa shape index (κ3) is 3.22. The molecule has 0 aliphatic carbocycles. The predicted octanol–water partition coefficient (Wildman–Crippen LogP) is 3.02. The Bertz CT molecular complexity index is 625. The van der Waals surface area contributed by atoms with Gasteiger partial charge in [0.1, 0.15) is 5.75 Å². The highest BCUT2D eigenvalue weighted by atomic mass is 16.5. The lowest BCUT2D eigenvalue weighted by molar-refractivity contribution is 0.0791. The number of nitrogens with one attached hydrogen (secondary N) is 1. The number of nitrogens with zero attached hydrogens (tertiary/aromatic N) is 1. The maximum atomic E-state index is 12.4. The fraction of sp³-hybridized carbons (Fsp3) is 0.278. The van der Waals surface area contributed by atoms with E-state index < -0.39 is 0 Å². The van der Waals surface area contributed by atoms with E-state index in [0.717, 1.165) is 36.5 Å². The van der Waals surface area contributed by atoms with Crippen LogP contribution in [0.5, 0.6) is 5.75 Å². The Morgan fingerprint density at radius 3 is 2.55 bits per heavy atom. The van der Waals surface area contributed by atoms with E-state index in [1.807, 2.05) is 59.5 Å². The van der Waals surface area contributed by atoms with Crippen molar-refractivity contribution in [2.75, 3.05) is 25.5 Å². The Morgan fingerprint density at radius 1 is 1.14 bits per heavy atom. The fourth-order valence-corrected chi connectivity index (χ4v) is 2.75. The van der Waals surface area contributed by atoms with Gasteiger partial charge in [0.2, 0.25) is 0 Å². The highest BCUT2D eigenvalue weighted by Gasteiger charge is 2.26. The molecule has 114 valence electrons. The molecule has 2 aromatic rings. The third-order valence-electron chi connectivity index (χ3n) is 3.96. The van der Waals surface area contributed by atoms with Gasteiger partial charge in [-0.3, -0.25) is 4.79 Å². The molecule has 4 nitrogen and oxygen atoms in total. The number of amides is 1. The van der Waals surface area contributed by atoms with Crippen LogP contribution in [0.3, 0.4) is 0 Å². The van der Waals surface area contributed by atoms with Gasteiger partial charge in [-0.1, -0.05) is 18.2 Å². The molecule has 4 heteroatoms. The molecule has 1 aliphatic heterocycles. The van der Waals surface area contributed by atoms with E-state index in [4.69, 9.17) is 4.74 Å². The molecule has 1 aliphatic rings. The average molecular weight is 296 g/mol. The normalized spacial score (nSPS) is 17.3. The lowest BCUT2D eigenvalue weighted by Crippen LogP contribution is -2.31. The first-order valence-electron chi connectivity index (χ1n) is 7.51. The largest absolute Gasteiger partial charge is 0.497 e. The summed E-state index contributed by atoms with van der Waals surface area (Å²) in [6.45, 7) is 1.53. The number of carbonyl (C=O) groups is 1. The van der Waals surface area contributed by atoms with Crippen LogP contribution >= 0.6 is 0 Å². The summed E-state index contributed by atoms with van der Waals surface area (Å²) in [5.74, 6) is 0.956. The van der Waals surface area contributed by atoms with Gasteiger partial charge in [0.15, 0.2) is 0 Å². The summed E-state index contributed by atoms with van der Waals surface area (Å²) in [5, 5.41) is 3.48. The van der Waals surface area contributed by atoms with Crippen LogP contribution in [0, 0.1) is 0 Å². The van der Waals surface area contributed by atoms with E-state index in [1.165, 1.54) is 0 Å². The molecule has 1 fully saturated rings. The lowest BCUT2D eigenvalue weighted by atomic mass is 10.2. The highest BCUT2D eigenvalue weighted by Crippen LogP contribution is 2.20. The fourth-order valence-electron chi connectivity index (χ4n) is 2.75. The summed E-state index contributed by atoms with van der Waals surface area (Å²) in [6.07, 6.45) is 0.963. The molecule has 2 aromatic carbocycles. The van der Waals surface area contributed by atoms with Crippen molar-refractivity contribution >= 4 is 11.6 Å². The number of hydrogen-bond acceptors (Lipinski definition) is 3. The van der Waals surface area contributed by atoms with Gasteiger partial charge in [0, 0.05) is 30.4 Å². The van der Waals surface area contributed by atoms with Crippen molar-refractivity contribution in [1.29, 1.82) is 0 Å². The van der Waals surface area contributed by atoms with Crippen LogP contribution in [0.1, 0.15) is 16.8 Å². The van der Waals surface area contributed by atoms with Crippen LogP contribution in [-0.2, 0) is 0 Å². The topological polar surface area (TPSA) is 41.6 Å². The van der Waals surface area contributed by atoms with Crippen LogP contribution in [0.4, 0.5) is 5.69 Å². The number of rotatable bonds is 4. The molecule has 0 bridgehead atoms. The summed E-state index contributed by atoms with van der Waals surface area (Å²) >= 11 is 0. The number of anilines is 1. The lowest BCUT2D eigenvalue weighted by Gasteiger charge is -2.18. The quantitative estimate of drug-likeness (QED) is 0.943. The van der Waals surface area contributed by atoms with Crippen molar-refractivity contribution in [2.45, 2.75) is 12.5 Å². The minimum Gasteiger partial charge on any atom is -0.497 e. The summed E-state index contributed by atoms with van der Waals surface area (Å²) in [5.41, 5.74) is 1.81. The molecule has 1 amide bonds. The van der Waals surface area contributed by atoms with E-state index in [0.29, 0.717) is 6.04 Å². The van der Waals surface area contributed by atoms with Crippen molar-refractivity contribution in [3.63, 3.8) is 0 Å². The Hall–Kier alpha value is -2.49. The minimum atomic E-state index is 0.111. The van der Waals surface area contributed by atoms with Crippen LogP contribution in [0.2, 0.25) is 0 Å². The number of carbonyl (C=O) groups excluding carboxylic acids is 1. The van der Waals surface area contributed by atoms with Gasteiger partial charge in [0.05, 0.1) is 7.11 Å². The highest BCUT2D eigenvalue weighted by molar-refractivity contribution is 5.94. The SMILES string of the molecule is COc1ccc(NC2CCN(C(=O)c3ccccc3)C2)cc1. The Balaban J connectivity index is 1.59. The van der Waals surface area contributed by atoms with E-state index >= 15 is 0 Å². The maximum absolute atomic E-state index is 12.4. The van der Waals surface area contributed by atoms with E-state index in [9.17, 15) is 4.79 Å². The number of likely N-dealkylation sites (tertiary alicyclic amines) is 1. The molecule has 22 heavy (non-hydrogen) atoms. The van der Waals surface area contributed by atoms with Crippen molar-refractivity contribution in [1.82, 2.24) is 4.90 Å².